The predicted molar refractivity (Wildman–Crippen MR) is 91.9 cm³/mol. The van der Waals surface area contributed by atoms with Crippen LogP contribution in [0.1, 0.15) is 56.2 Å². The molecule has 1 aromatic rings. The van der Waals surface area contributed by atoms with Crippen LogP contribution in [0.15, 0.2) is 5.38 Å². The summed E-state index contributed by atoms with van der Waals surface area (Å²) in [7, 11) is 2.25. The molecule has 0 spiro atoms. The fourth-order valence-corrected chi connectivity index (χ4v) is 4.21. The first-order valence-corrected chi connectivity index (χ1v) is 9.32. The number of hydrogen-bond acceptors (Lipinski definition) is 4. The number of aryl methyl sites for hydroxylation is 1. The van der Waals surface area contributed by atoms with E-state index < -0.39 is 0 Å². The first-order valence-electron chi connectivity index (χ1n) is 8.44. The summed E-state index contributed by atoms with van der Waals surface area (Å²) < 4.78 is 0. The normalized spacial score (nSPS) is 18.3. The van der Waals surface area contributed by atoms with Crippen LogP contribution < -0.4 is 5.32 Å². The van der Waals surface area contributed by atoms with E-state index in [1.165, 1.54) is 62.3 Å². The van der Waals surface area contributed by atoms with Gasteiger partial charge in [-0.2, -0.15) is 0 Å². The zero-order valence-electron chi connectivity index (χ0n) is 14.0. The van der Waals surface area contributed by atoms with Gasteiger partial charge in [-0.05, 0) is 45.2 Å². The molecular weight excluding hydrogens is 278 g/mol. The van der Waals surface area contributed by atoms with Crippen LogP contribution >= 0.6 is 11.3 Å². The number of thiazole rings is 1. The average molecular weight is 310 g/mol. The van der Waals surface area contributed by atoms with E-state index in [9.17, 15) is 0 Å². The number of nitrogens with one attached hydrogen (secondary N) is 1. The predicted octanol–water partition coefficient (Wildman–Crippen LogP) is 3.83. The highest BCUT2D eigenvalue weighted by atomic mass is 32.1. The van der Waals surface area contributed by atoms with Gasteiger partial charge in [-0.3, -0.25) is 4.90 Å². The second-order valence-electron chi connectivity index (χ2n) is 6.77. The van der Waals surface area contributed by atoms with E-state index in [-0.39, 0.29) is 0 Å². The summed E-state index contributed by atoms with van der Waals surface area (Å²) in [5.74, 6) is 0. The molecule has 0 atom stereocenters. The number of rotatable bonds is 8. The van der Waals surface area contributed by atoms with Crippen molar-refractivity contribution in [3.63, 3.8) is 0 Å². The molecule has 2 rings (SSSR count). The molecule has 0 unspecified atom stereocenters. The molecule has 1 aromatic heterocycles. The Bertz CT molecular complexity index is 410. The topological polar surface area (TPSA) is 28.2 Å². The van der Waals surface area contributed by atoms with Crippen molar-refractivity contribution in [2.45, 2.75) is 58.9 Å². The molecule has 3 nitrogen and oxygen atoms in total. The third-order valence-corrected chi connectivity index (χ3v) is 5.37. The van der Waals surface area contributed by atoms with Gasteiger partial charge in [0.05, 0.1) is 10.7 Å². The molecule has 1 heterocycles. The van der Waals surface area contributed by atoms with Gasteiger partial charge in [-0.25, -0.2) is 4.98 Å². The molecule has 0 saturated heterocycles. The quantitative estimate of drug-likeness (QED) is 0.740. The van der Waals surface area contributed by atoms with Crippen LogP contribution in [-0.4, -0.2) is 36.6 Å². The second-order valence-corrected chi connectivity index (χ2v) is 7.83. The van der Waals surface area contributed by atoms with Crippen LogP contribution in [0.4, 0.5) is 0 Å². The monoisotopic (exact) mass is 309 g/mol. The second kappa shape index (κ2) is 8.25. The summed E-state index contributed by atoms with van der Waals surface area (Å²) >= 11 is 1.76. The molecule has 4 heteroatoms. The smallest absolute Gasteiger partial charge is 0.0897 e. The number of aromatic nitrogens is 1. The van der Waals surface area contributed by atoms with Gasteiger partial charge in [0.1, 0.15) is 0 Å². The Morgan fingerprint density at radius 1 is 1.33 bits per heavy atom. The van der Waals surface area contributed by atoms with Crippen LogP contribution in [-0.2, 0) is 6.54 Å². The van der Waals surface area contributed by atoms with Crippen molar-refractivity contribution in [2.24, 2.45) is 5.41 Å². The molecule has 0 radical (unpaired) electrons. The fraction of sp³-hybridized carbons (Fsp3) is 0.824. The summed E-state index contributed by atoms with van der Waals surface area (Å²) in [6, 6.07) is 0. The highest BCUT2D eigenvalue weighted by molar-refractivity contribution is 7.09. The zero-order valence-corrected chi connectivity index (χ0v) is 14.8. The van der Waals surface area contributed by atoms with Crippen molar-refractivity contribution >= 4 is 11.3 Å². The largest absolute Gasteiger partial charge is 0.316 e. The molecule has 1 fully saturated rings. The Balaban J connectivity index is 1.90. The van der Waals surface area contributed by atoms with Crippen LogP contribution in [0, 0.1) is 12.3 Å². The summed E-state index contributed by atoms with van der Waals surface area (Å²) in [6.07, 6.45) is 8.21. The van der Waals surface area contributed by atoms with Crippen molar-refractivity contribution < 1.29 is 0 Å². The van der Waals surface area contributed by atoms with Gasteiger partial charge < -0.3 is 5.32 Å². The maximum absolute atomic E-state index is 4.60. The lowest BCUT2D eigenvalue weighted by molar-refractivity contribution is 0.113. The van der Waals surface area contributed by atoms with Crippen molar-refractivity contribution in [1.29, 1.82) is 0 Å². The third kappa shape index (κ3) is 5.35. The minimum Gasteiger partial charge on any atom is -0.316 e. The summed E-state index contributed by atoms with van der Waals surface area (Å²) in [4.78, 5) is 7.08. The molecule has 120 valence electrons. The molecule has 0 aliphatic heterocycles. The zero-order chi connectivity index (χ0) is 15.1. The van der Waals surface area contributed by atoms with E-state index in [0.29, 0.717) is 5.41 Å². The van der Waals surface area contributed by atoms with Gasteiger partial charge in [0, 0.05) is 25.0 Å². The van der Waals surface area contributed by atoms with Gasteiger partial charge in [0.2, 0.25) is 0 Å². The van der Waals surface area contributed by atoms with E-state index in [1.54, 1.807) is 11.3 Å². The van der Waals surface area contributed by atoms with Crippen LogP contribution in [0.5, 0.6) is 0 Å². The Morgan fingerprint density at radius 2 is 2.10 bits per heavy atom. The summed E-state index contributed by atoms with van der Waals surface area (Å²) in [6.45, 7) is 8.85. The first kappa shape index (κ1) is 16.9. The number of nitrogens with zero attached hydrogens (tertiary/aromatic N) is 2. The van der Waals surface area contributed by atoms with E-state index in [2.05, 4.69) is 41.5 Å². The van der Waals surface area contributed by atoms with Crippen LogP contribution in [0.2, 0.25) is 0 Å². The molecule has 1 aliphatic carbocycles. The molecule has 0 amide bonds. The fourth-order valence-electron chi connectivity index (χ4n) is 3.61. The summed E-state index contributed by atoms with van der Waals surface area (Å²) in [5.41, 5.74) is 1.71. The molecule has 1 aliphatic rings. The van der Waals surface area contributed by atoms with E-state index in [0.717, 1.165) is 13.1 Å². The Kier molecular flexibility index (Phi) is 6.65. The van der Waals surface area contributed by atoms with Gasteiger partial charge in [0.25, 0.3) is 0 Å². The van der Waals surface area contributed by atoms with E-state index in [1.807, 2.05) is 0 Å². The lowest BCUT2D eigenvalue weighted by Crippen LogP contribution is -2.44. The Hall–Kier alpha value is -0.450. The maximum Gasteiger partial charge on any atom is 0.0897 e. The number of hydrogen-bond donors (Lipinski definition) is 1. The third-order valence-electron chi connectivity index (χ3n) is 4.54. The SMILES string of the molecule is CCCNCC1(CN(C)Cc2csc(C)n2)CCCCC1. The average Bonchev–Trinajstić information content (AvgIpc) is 2.85. The van der Waals surface area contributed by atoms with E-state index in [4.69, 9.17) is 0 Å². The molecule has 0 aromatic carbocycles. The standard InChI is InChI=1S/C17H31N3S/c1-4-10-18-13-17(8-6-5-7-9-17)14-20(3)11-16-12-21-15(2)19-16/h12,18H,4-11,13-14H2,1-3H3. The van der Waals surface area contributed by atoms with E-state index >= 15 is 0 Å². The minimum atomic E-state index is 0.479. The van der Waals surface area contributed by atoms with Crippen LogP contribution in [0.3, 0.4) is 0 Å². The highest BCUT2D eigenvalue weighted by Gasteiger charge is 2.32. The van der Waals surface area contributed by atoms with Gasteiger partial charge in [-0.15, -0.1) is 11.3 Å². The molecule has 21 heavy (non-hydrogen) atoms. The van der Waals surface area contributed by atoms with Gasteiger partial charge in [-0.1, -0.05) is 26.2 Å². The molecule has 1 N–H and O–H groups in total. The molecular formula is C17H31N3S. The highest BCUT2D eigenvalue weighted by Crippen LogP contribution is 2.36. The summed E-state index contributed by atoms with van der Waals surface area (Å²) in [5, 5.41) is 7.06. The molecule has 0 bridgehead atoms. The van der Waals surface area contributed by atoms with Gasteiger partial charge in [0.15, 0.2) is 0 Å². The van der Waals surface area contributed by atoms with Gasteiger partial charge >= 0.3 is 0 Å². The van der Waals surface area contributed by atoms with Crippen molar-refractivity contribution in [2.75, 3.05) is 26.7 Å². The van der Waals surface area contributed by atoms with Crippen molar-refractivity contribution in [3.8, 4) is 0 Å². The minimum absolute atomic E-state index is 0.479. The maximum atomic E-state index is 4.60. The lowest BCUT2D eigenvalue weighted by Gasteiger charge is -2.40. The lowest BCUT2D eigenvalue weighted by atomic mass is 9.73. The Labute approximate surface area is 134 Å². The van der Waals surface area contributed by atoms with Crippen LogP contribution in [0.25, 0.3) is 0 Å². The van der Waals surface area contributed by atoms with Crippen molar-refractivity contribution in [1.82, 2.24) is 15.2 Å². The van der Waals surface area contributed by atoms with Crippen molar-refractivity contribution in [3.05, 3.63) is 16.1 Å². The first-order chi connectivity index (χ1) is 10.1. The Morgan fingerprint density at radius 3 is 2.71 bits per heavy atom. The molecule has 1 saturated carbocycles.